The molecule has 0 atom stereocenters. The van der Waals surface area contributed by atoms with E-state index in [9.17, 15) is 4.79 Å². The summed E-state index contributed by atoms with van der Waals surface area (Å²) < 4.78 is 11.4. The number of ether oxygens (including phenoxy) is 2. The molecule has 0 radical (unpaired) electrons. The van der Waals surface area contributed by atoms with E-state index in [1.54, 1.807) is 0 Å². The maximum Gasteiger partial charge on any atom is 0.317 e. The highest BCUT2D eigenvalue weighted by molar-refractivity contribution is 5.74. The second-order valence-corrected chi connectivity index (χ2v) is 5.54. The van der Waals surface area contributed by atoms with Crippen molar-refractivity contribution in [3.8, 4) is 0 Å². The zero-order valence-corrected chi connectivity index (χ0v) is 12.1. The first-order valence-electron chi connectivity index (χ1n) is 7.45. The number of hydrogen-bond acceptors (Lipinski definition) is 3. The van der Waals surface area contributed by atoms with E-state index in [-0.39, 0.29) is 11.8 Å². The van der Waals surface area contributed by atoms with Crippen LogP contribution < -0.4 is 5.32 Å². The minimum absolute atomic E-state index is 0.0441. The molecule has 19 heavy (non-hydrogen) atoms. The van der Waals surface area contributed by atoms with Gasteiger partial charge in [0.25, 0.3) is 0 Å². The Labute approximate surface area is 115 Å². The first-order chi connectivity index (χ1) is 9.17. The van der Waals surface area contributed by atoms with Crippen LogP contribution >= 0.6 is 0 Å². The zero-order chi connectivity index (χ0) is 13.7. The Bertz CT molecular complexity index is 293. The predicted octanol–water partition coefficient (Wildman–Crippen LogP) is 2.11. The Hall–Kier alpha value is -0.810. The fraction of sp³-hybridized carbons (Fsp3) is 0.929. The molecule has 2 aliphatic rings. The van der Waals surface area contributed by atoms with E-state index < -0.39 is 0 Å². The third-order valence-electron chi connectivity index (χ3n) is 4.21. The van der Waals surface area contributed by atoms with Gasteiger partial charge in [-0.1, -0.05) is 13.3 Å². The monoisotopic (exact) mass is 270 g/mol. The Morgan fingerprint density at radius 1 is 1.32 bits per heavy atom. The summed E-state index contributed by atoms with van der Waals surface area (Å²) in [4.78, 5) is 13.8. The molecule has 1 spiro atoms. The first-order valence-corrected chi connectivity index (χ1v) is 7.45. The van der Waals surface area contributed by atoms with E-state index in [2.05, 4.69) is 12.2 Å². The number of carbonyl (C=O) groups is 1. The van der Waals surface area contributed by atoms with Crippen molar-refractivity contribution in [2.45, 2.75) is 57.3 Å². The summed E-state index contributed by atoms with van der Waals surface area (Å²) in [5, 5.41) is 2.97. The molecular weight excluding hydrogens is 244 g/mol. The Kier molecular flexibility index (Phi) is 5.05. The molecule has 2 rings (SSSR count). The smallest absolute Gasteiger partial charge is 0.317 e. The van der Waals surface area contributed by atoms with Gasteiger partial charge in [-0.2, -0.15) is 0 Å². The molecule has 0 aromatic carbocycles. The number of carbonyl (C=O) groups excluding carboxylic acids is 1. The summed E-state index contributed by atoms with van der Waals surface area (Å²) in [7, 11) is 1.89. The lowest BCUT2D eigenvalue weighted by Gasteiger charge is -2.38. The molecule has 0 unspecified atom stereocenters. The molecule has 2 amide bonds. The molecule has 0 bridgehead atoms. The van der Waals surface area contributed by atoms with E-state index in [0.717, 1.165) is 45.1 Å². The van der Waals surface area contributed by atoms with Gasteiger partial charge in [-0.15, -0.1) is 0 Å². The second kappa shape index (κ2) is 6.57. The summed E-state index contributed by atoms with van der Waals surface area (Å²) >= 11 is 0. The van der Waals surface area contributed by atoms with Gasteiger partial charge in [0.05, 0.1) is 13.2 Å². The predicted molar refractivity (Wildman–Crippen MR) is 73.0 cm³/mol. The summed E-state index contributed by atoms with van der Waals surface area (Å²) in [6.45, 7) is 4.30. The van der Waals surface area contributed by atoms with E-state index >= 15 is 0 Å². The highest BCUT2D eigenvalue weighted by Gasteiger charge is 2.41. The van der Waals surface area contributed by atoms with E-state index in [1.807, 2.05) is 11.9 Å². The fourth-order valence-electron chi connectivity index (χ4n) is 2.88. The first kappa shape index (κ1) is 14.6. The van der Waals surface area contributed by atoms with Crippen LogP contribution in [-0.4, -0.2) is 49.6 Å². The molecule has 5 heteroatoms. The van der Waals surface area contributed by atoms with Gasteiger partial charge in [0.1, 0.15) is 0 Å². The minimum atomic E-state index is -0.337. The average molecular weight is 270 g/mol. The van der Waals surface area contributed by atoms with Gasteiger partial charge >= 0.3 is 6.03 Å². The van der Waals surface area contributed by atoms with Crippen LogP contribution in [0.2, 0.25) is 0 Å². The molecule has 2 fully saturated rings. The maximum absolute atomic E-state index is 12.0. The van der Waals surface area contributed by atoms with Gasteiger partial charge in [0, 0.05) is 32.5 Å². The van der Waals surface area contributed by atoms with E-state index in [0.29, 0.717) is 19.3 Å². The van der Waals surface area contributed by atoms with Crippen LogP contribution in [0.4, 0.5) is 4.79 Å². The third-order valence-corrected chi connectivity index (χ3v) is 4.21. The topological polar surface area (TPSA) is 50.8 Å². The quantitative estimate of drug-likeness (QED) is 0.796. The lowest BCUT2D eigenvalue weighted by molar-refractivity contribution is -0.182. The van der Waals surface area contributed by atoms with Gasteiger partial charge in [-0.05, 0) is 19.3 Å². The van der Waals surface area contributed by atoms with Crippen molar-refractivity contribution >= 4 is 6.03 Å². The van der Waals surface area contributed by atoms with E-state index in [1.165, 1.54) is 0 Å². The summed E-state index contributed by atoms with van der Waals surface area (Å²) in [6.07, 6.45) is 5.84. The SMILES string of the molecule is CCCCNC(=O)N(C)C1CCC2(CC1)OCCO2. The number of hydrogen-bond donors (Lipinski definition) is 1. The zero-order valence-electron chi connectivity index (χ0n) is 12.1. The number of urea groups is 1. The molecule has 0 aromatic rings. The largest absolute Gasteiger partial charge is 0.348 e. The Morgan fingerprint density at radius 3 is 2.53 bits per heavy atom. The average Bonchev–Trinajstić information content (AvgIpc) is 2.87. The number of nitrogens with zero attached hydrogens (tertiary/aromatic N) is 1. The molecular formula is C14H26N2O3. The van der Waals surface area contributed by atoms with Gasteiger partial charge in [0.15, 0.2) is 5.79 Å². The number of nitrogens with one attached hydrogen (secondary N) is 1. The van der Waals surface area contributed by atoms with Crippen molar-refractivity contribution < 1.29 is 14.3 Å². The summed E-state index contributed by atoms with van der Waals surface area (Å²) in [5.41, 5.74) is 0. The number of rotatable bonds is 4. The highest BCUT2D eigenvalue weighted by Crippen LogP contribution is 2.36. The van der Waals surface area contributed by atoms with Crippen LogP contribution in [0.15, 0.2) is 0 Å². The van der Waals surface area contributed by atoms with Crippen LogP contribution in [0.5, 0.6) is 0 Å². The summed E-state index contributed by atoms with van der Waals surface area (Å²) in [5.74, 6) is -0.337. The molecule has 1 saturated carbocycles. The van der Waals surface area contributed by atoms with E-state index in [4.69, 9.17) is 9.47 Å². The Balaban J connectivity index is 1.75. The normalized spacial score (nSPS) is 22.6. The fourth-order valence-corrected chi connectivity index (χ4v) is 2.88. The Morgan fingerprint density at radius 2 is 1.95 bits per heavy atom. The molecule has 1 heterocycles. The van der Waals surface area contributed by atoms with Crippen molar-refractivity contribution in [3.05, 3.63) is 0 Å². The lowest BCUT2D eigenvalue weighted by Crippen LogP contribution is -2.48. The van der Waals surface area contributed by atoms with Gasteiger partial charge in [-0.25, -0.2) is 4.79 Å². The third kappa shape index (κ3) is 3.60. The molecule has 1 aliphatic carbocycles. The van der Waals surface area contributed by atoms with Gasteiger partial charge in [0.2, 0.25) is 0 Å². The molecule has 1 saturated heterocycles. The molecule has 5 nitrogen and oxygen atoms in total. The molecule has 110 valence electrons. The van der Waals surface area contributed by atoms with Crippen molar-refractivity contribution in [1.82, 2.24) is 10.2 Å². The second-order valence-electron chi connectivity index (χ2n) is 5.54. The van der Waals surface area contributed by atoms with Crippen molar-refractivity contribution in [2.75, 3.05) is 26.8 Å². The molecule has 1 N–H and O–H groups in total. The van der Waals surface area contributed by atoms with Crippen LogP contribution in [0.1, 0.15) is 45.4 Å². The maximum atomic E-state index is 12.0. The lowest BCUT2D eigenvalue weighted by atomic mass is 9.89. The number of amides is 2. The van der Waals surface area contributed by atoms with Crippen LogP contribution in [0.25, 0.3) is 0 Å². The van der Waals surface area contributed by atoms with Crippen LogP contribution in [0.3, 0.4) is 0 Å². The number of unbranched alkanes of at least 4 members (excludes halogenated alkanes) is 1. The van der Waals surface area contributed by atoms with Crippen LogP contribution in [0, 0.1) is 0 Å². The van der Waals surface area contributed by atoms with Crippen molar-refractivity contribution in [2.24, 2.45) is 0 Å². The molecule has 1 aliphatic heterocycles. The van der Waals surface area contributed by atoms with Gasteiger partial charge in [-0.3, -0.25) is 0 Å². The van der Waals surface area contributed by atoms with Gasteiger partial charge < -0.3 is 19.7 Å². The minimum Gasteiger partial charge on any atom is -0.348 e. The van der Waals surface area contributed by atoms with Crippen molar-refractivity contribution in [3.63, 3.8) is 0 Å². The standard InChI is InChI=1S/C14H26N2O3/c1-3-4-9-15-13(17)16(2)12-5-7-14(8-6-12)18-10-11-19-14/h12H,3-11H2,1-2H3,(H,15,17). The van der Waals surface area contributed by atoms with Crippen molar-refractivity contribution in [1.29, 1.82) is 0 Å². The highest BCUT2D eigenvalue weighted by atomic mass is 16.7. The summed E-state index contributed by atoms with van der Waals surface area (Å²) in [6, 6.07) is 0.350. The molecule has 0 aromatic heterocycles. The van der Waals surface area contributed by atoms with Crippen LogP contribution in [-0.2, 0) is 9.47 Å².